The number of nitrogens with one attached hydrogen (secondary N) is 1. The molecule has 6 nitrogen and oxygen atoms in total. The summed E-state index contributed by atoms with van der Waals surface area (Å²) in [6, 6.07) is 8.40. The van der Waals surface area contributed by atoms with Crippen LogP contribution < -0.4 is 5.32 Å². The molecule has 2 amide bonds. The molecule has 0 aromatic heterocycles. The predicted molar refractivity (Wildman–Crippen MR) is 93.1 cm³/mol. The van der Waals surface area contributed by atoms with Gasteiger partial charge in [0, 0.05) is 0 Å². The largest absolute Gasteiger partial charge is 0.480 e. The van der Waals surface area contributed by atoms with Crippen LogP contribution in [0.2, 0.25) is 0 Å². The molecule has 1 atom stereocenters. The van der Waals surface area contributed by atoms with E-state index in [9.17, 15) is 14.4 Å². The van der Waals surface area contributed by atoms with Crippen molar-refractivity contribution in [1.29, 1.82) is 0 Å². The predicted octanol–water partition coefficient (Wildman–Crippen LogP) is 1.93. The molecule has 1 aromatic carbocycles. The lowest BCUT2D eigenvalue weighted by Gasteiger charge is -2.28. The second-order valence-corrected chi connectivity index (χ2v) is 6.26. The zero-order chi connectivity index (χ0) is 17.5. The summed E-state index contributed by atoms with van der Waals surface area (Å²) in [5.41, 5.74) is 1.50. The molecule has 24 heavy (non-hydrogen) atoms. The summed E-state index contributed by atoms with van der Waals surface area (Å²) >= 11 is 1.38. The molecule has 0 bridgehead atoms. The van der Waals surface area contributed by atoms with E-state index in [1.54, 1.807) is 0 Å². The van der Waals surface area contributed by atoms with Gasteiger partial charge in [-0.3, -0.25) is 9.59 Å². The van der Waals surface area contributed by atoms with Gasteiger partial charge in [0.2, 0.25) is 11.8 Å². The van der Waals surface area contributed by atoms with Crippen molar-refractivity contribution >= 4 is 35.2 Å². The van der Waals surface area contributed by atoms with Crippen molar-refractivity contribution in [1.82, 2.24) is 10.2 Å². The number of aliphatic carboxylic acids is 1. The number of rotatable bonds is 7. The second-order valence-electron chi connectivity index (χ2n) is 5.41. The zero-order valence-corrected chi connectivity index (χ0v) is 14.2. The molecule has 0 aliphatic carbocycles. The minimum atomic E-state index is -1.07. The van der Waals surface area contributed by atoms with Crippen LogP contribution in [0, 0.1) is 0 Å². The van der Waals surface area contributed by atoms with Crippen LogP contribution in [-0.4, -0.2) is 46.1 Å². The maximum atomic E-state index is 12.2. The van der Waals surface area contributed by atoms with Crippen molar-refractivity contribution in [2.75, 3.05) is 12.3 Å². The fourth-order valence-corrected chi connectivity index (χ4v) is 3.21. The Kier molecular flexibility index (Phi) is 6.43. The maximum absolute atomic E-state index is 12.2. The van der Waals surface area contributed by atoms with E-state index in [0.717, 1.165) is 5.56 Å². The van der Waals surface area contributed by atoms with Gasteiger partial charge in [0.05, 0.1) is 11.4 Å². The minimum Gasteiger partial charge on any atom is -0.480 e. The van der Waals surface area contributed by atoms with Gasteiger partial charge in [0.15, 0.2) is 0 Å². The van der Waals surface area contributed by atoms with Crippen LogP contribution in [0.4, 0.5) is 0 Å². The van der Waals surface area contributed by atoms with Crippen molar-refractivity contribution in [3.63, 3.8) is 0 Å². The van der Waals surface area contributed by atoms with Crippen LogP contribution in [0.5, 0.6) is 0 Å². The van der Waals surface area contributed by atoms with Crippen LogP contribution in [-0.2, 0) is 14.4 Å². The molecule has 0 spiro atoms. The summed E-state index contributed by atoms with van der Waals surface area (Å²) in [4.78, 5) is 37.0. The Bertz CT molecular complexity index is 645. The Morgan fingerprint density at radius 1 is 1.33 bits per heavy atom. The fourth-order valence-electron chi connectivity index (χ4n) is 2.40. The van der Waals surface area contributed by atoms with Crippen molar-refractivity contribution in [3.05, 3.63) is 41.3 Å². The van der Waals surface area contributed by atoms with E-state index in [0.29, 0.717) is 18.5 Å². The molecule has 0 saturated carbocycles. The smallest absolute Gasteiger partial charge is 0.326 e. The van der Waals surface area contributed by atoms with Gasteiger partial charge in [-0.05, 0) is 17.4 Å². The summed E-state index contributed by atoms with van der Waals surface area (Å²) in [5.74, 6) is -1.44. The SMILES string of the molecule is CCCC(NC(=O)CN1C(=O)CSC=C1c1ccccc1)C(=O)O. The highest BCUT2D eigenvalue weighted by Crippen LogP contribution is 2.27. The average Bonchev–Trinajstić information content (AvgIpc) is 2.57. The average molecular weight is 348 g/mol. The summed E-state index contributed by atoms with van der Waals surface area (Å²) in [7, 11) is 0. The van der Waals surface area contributed by atoms with Gasteiger partial charge in [0.25, 0.3) is 0 Å². The first-order valence-corrected chi connectivity index (χ1v) is 8.77. The summed E-state index contributed by atoms with van der Waals surface area (Å²) in [5, 5.41) is 13.5. The highest BCUT2D eigenvalue weighted by Gasteiger charge is 2.27. The van der Waals surface area contributed by atoms with Gasteiger partial charge in [-0.25, -0.2) is 4.79 Å². The van der Waals surface area contributed by atoms with E-state index in [1.807, 2.05) is 42.7 Å². The molecule has 1 aromatic rings. The highest BCUT2D eigenvalue weighted by atomic mass is 32.2. The summed E-state index contributed by atoms with van der Waals surface area (Å²) < 4.78 is 0. The molecule has 1 aliphatic rings. The first-order valence-electron chi connectivity index (χ1n) is 7.72. The van der Waals surface area contributed by atoms with Crippen molar-refractivity contribution in [3.8, 4) is 0 Å². The number of thioether (sulfide) groups is 1. The van der Waals surface area contributed by atoms with Gasteiger partial charge in [-0.15, -0.1) is 11.8 Å². The molecule has 0 fully saturated rings. The highest BCUT2D eigenvalue weighted by molar-refractivity contribution is 8.03. The third kappa shape index (κ3) is 4.61. The molecule has 1 heterocycles. The molecule has 1 unspecified atom stereocenters. The fraction of sp³-hybridized carbons (Fsp3) is 0.353. The van der Waals surface area contributed by atoms with E-state index in [4.69, 9.17) is 5.11 Å². The normalized spacial score (nSPS) is 15.6. The van der Waals surface area contributed by atoms with Crippen LogP contribution in [0.1, 0.15) is 25.3 Å². The third-order valence-corrected chi connectivity index (χ3v) is 4.38. The van der Waals surface area contributed by atoms with Gasteiger partial charge >= 0.3 is 5.97 Å². The molecule has 7 heteroatoms. The number of benzene rings is 1. The molecule has 2 N–H and O–H groups in total. The first-order chi connectivity index (χ1) is 11.5. The van der Waals surface area contributed by atoms with Gasteiger partial charge in [-0.1, -0.05) is 43.7 Å². The van der Waals surface area contributed by atoms with Crippen LogP contribution in [0.15, 0.2) is 35.7 Å². The number of carbonyl (C=O) groups is 3. The molecule has 0 radical (unpaired) electrons. The minimum absolute atomic E-state index is 0.168. The van der Waals surface area contributed by atoms with Crippen molar-refractivity contribution in [2.24, 2.45) is 0 Å². The Labute approximate surface area is 144 Å². The lowest BCUT2D eigenvalue weighted by molar-refractivity contribution is -0.142. The Morgan fingerprint density at radius 3 is 2.67 bits per heavy atom. The Hall–Kier alpha value is -2.28. The molecular formula is C17H20N2O4S. The van der Waals surface area contributed by atoms with Crippen LogP contribution in [0.25, 0.3) is 5.70 Å². The number of nitrogens with zero attached hydrogens (tertiary/aromatic N) is 1. The maximum Gasteiger partial charge on any atom is 0.326 e. The number of hydrogen-bond donors (Lipinski definition) is 2. The van der Waals surface area contributed by atoms with Crippen LogP contribution >= 0.6 is 11.8 Å². The Morgan fingerprint density at radius 2 is 2.04 bits per heavy atom. The van der Waals surface area contributed by atoms with E-state index in [-0.39, 0.29) is 18.2 Å². The molecular weight excluding hydrogens is 328 g/mol. The lowest BCUT2D eigenvalue weighted by atomic mass is 10.1. The number of carboxylic acid groups (broad SMARTS) is 1. The Balaban J connectivity index is 2.11. The topological polar surface area (TPSA) is 86.7 Å². The zero-order valence-electron chi connectivity index (χ0n) is 13.4. The van der Waals surface area contributed by atoms with E-state index in [2.05, 4.69) is 5.32 Å². The van der Waals surface area contributed by atoms with Crippen molar-refractivity contribution < 1.29 is 19.5 Å². The van der Waals surface area contributed by atoms with E-state index < -0.39 is 17.9 Å². The molecule has 2 rings (SSSR count). The number of amides is 2. The summed E-state index contributed by atoms with van der Waals surface area (Å²) in [6.07, 6.45) is 0.998. The lowest BCUT2D eigenvalue weighted by Crippen LogP contribution is -2.47. The van der Waals surface area contributed by atoms with Gasteiger partial charge in [-0.2, -0.15) is 0 Å². The molecule has 1 aliphatic heterocycles. The number of carboxylic acids is 1. The van der Waals surface area contributed by atoms with Gasteiger partial charge in [0.1, 0.15) is 12.6 Å². The first kappa shape index (κ1) is 18.1. The van der Waals surface area contributed by atoms with E-state index in [1.165, 1.54) is 16.7 Å². The standard InChI is InChI=1S/C17H20N2O4S/c1-2-6-13(17(22)23)18-15(20)9-19-14(10-24-11-16(19)21)12-7-4-3-5-8-12/h3-5,7-8,10,13H,2,6,9,11H2,1H3,(H,18,20)(H,22,23). The summed E-state index contributed by atoms with van der Waals surface area (Å²) in [6.45, 7) is 1.66. The molecule has 0 saturated heterocycles. The van der Waals surface area contributed by atoms with Crippen LogP contribution in [0.3, 0.4) is 0 Å². The second kappa shape index (κ2) is 8.54. The van der Waals surface area contributed by atoms with Gasteiger partial charge < -0.3 is 15.3 Å². The monoisotopic (exact) mass is 348 g/mol. The number of hydrogen-bond acceptors (Lipinski definition) is 4. The van der Waals surface area contributed by atoms with Crippen molar-refractivity contribution in [2.45, 2.75) is 25.8 Å². The van der Waals surface area contributed by atoms with E-state index >= 15 is 0 Å². The quantitative estimate of drug-likeness (QED) is 0.786. The third-order valence-electron chi connectivity index (χ3n) is 3.58. The molecule has 128 valence electrons. The number of carbonyl (C=O) groups excluding carboxylic acids is 2.